The van der Waals surface area contributed by atoms with Gasteiger partial charge in [-0.25, -0.2) is 0 Å². The van der Waals surface area contributed by atoms with Gasteiger partial charge in [-0.15, -0.1) is 46.4 Å². The number of rotatable bonds is 8. The van der Waals surface area contributed by atoms with Crippen molar-refractivity contribution in [3.8, 4) is 0 Å². The molecule has 0 aromatic heterocycles. The second kappa shape index (κ2) is 21.0. The van der Waals surface area contributed by atoms with E-state index < -0.39 is 0 Å². The summed E-state index contributed by atoms with van der Waals surface area (Å²) in [6, 6.07) is 0.960. The van der Waals surface area contributed by atoms with Crippen molar-refractivity contribution in [1.29, 1.82) is 0 Å². The van der Waals surface area contributed by atoms with Crippen LogP contribution in [0.2, 0.25) is 0 Å². The van der Waals surface area contributed by atoms with Gasteiger partial charge in [-0.1, -0.05) is 71.6 Å². The van der Waals surface area contributed by atoms with Gasteiger partial charge in [0, 0.05) is 30.6 Å². The van der Waals surface area contributed by atoms with Crippen molar-refractivity contribution in [2.45, 2.75) is 163 Å². The first-order chi connectivity index (χ1) is 22.5. The van der Waals surface area contributed by atoms with Crippen LogP contribution in [0.25, 0.3) is 0 Å². The monoisotopic (exact) mass is 720 g/mol. The van der Waals surface area contributed by atoms with E-state index in [1.54, 1.807) is 0 Å². The highest BCUT2D eigenvalue weighted by atomic mass is 35.5. The van der Waals surface area contributed by atoms with Crippen molar-refractivity contribution in [2.75, 3.05) is 26.2 Å². The first kappa shape index (κ1) is 38.5. The van der Waals surface area contributed by atoms with E-state index in [9.17, 15) is 0 Å². The van der Waals surface area contributed by atoms with Crippen molar-refractivity contribution >= 4 is 58.3 Å². The Kier molecular flexibility index (Phi) is 17.6. The molecule has 4 saturated carbocycles. The van der Waals surface area contributed by atoms with E-state index in [2.05, 4.69) is 31.3 Å². The fraction of sp³-hybridized carbons (Fsp3) is 0.944. The van der Waals surface area contributed by atoms with Crippen LogP contribution in [0.15, 0.2) is 9.98 Å². The van der Waals surface area contributed by atoms with Gasteiger partial charge in [-0.3, -0.25) is 9.98 Å². The first-order valence-corrected chi connectivity index (χ1v) is 20.9. The number of nitrogens with zero attached hydrogens (tertiary/aromatic N) is 2. The van der Waals surface area contributed by atoms with Gasteiger partial charge >= 0.3 is 0 Å². The topological polar surface area (TPSA) is 72.8 Å². The Morgan fingerprint density at radius 2 is 1.20 bits per heavy atom. The number of aliphatic imine (C=N–C) groups is 2. The Labute approximate surface area is 301 Å². The molecule has 10 heteroatoms. The van der Waals surface area contributed by atoms with Gasteiger partial charge in [-0.2, -0.15) is 0 Å². The van der Waals surface area contributed by atoms with Crippen LogP contribution < -0.4 is 21.3 Å². The molecule has 6 aliphatic rings. The fourth-order valence-electron chi connectivity index (χ4n) is 8.66. The molecule has 4 N–H and O–H groups in total. The van der Waals surface area contributed by atoms with Crippen LogP contribution in [0.5, 0.6) is 0 Å². The smallest absolute Gasteiger partial charge is 0.191 e. The summed E-state index contributed by atoms with van der Waals surface area (Å²) < 4.78 is 0. The van der Waals surface area contributed by atoms with Crippen molar-refractivity contribution in [2.24, 2.45) is 33.7 Å². The minimum atomic E-state index is 0.0103. The maximum absolute atomic E-state index is 6.70. The molecule has 8 atom stereocenters. The number of guanidine groups is 2. The molecule has 4 fully saturated rings. The van der Waals surface area contributed by atoms with Crippen LogP contribution in [0.1, 0.15) is 129 Å². The van der Waals surface area contributed by atoms with E-state index in [1.165, 1.54) is 70.6 Å². The second-order valence-corrected chi connectivity index (χ2v) is 16.6. The quantitative estimate of drug-likeness (QED) is 0.189. The third kappa shape index (κ3) is 12.2. The molecule has 0 aromatic rings. The minimum Gasteiger partial charge on any atom is -0.355 e. The Hall–Kier alpha value is -0.300. The van der Waals surface area contributed by atoms with Crippen LogP contribution in [-0.2, 0) is 0 Å². The minimum absolute atomic E-state index is 0.0103. The van der Waals surface area contributed by atoms with Gasteiger partial charge < -0.3 is 21.3 Å². The summed E-state index contributed by atoms with van der Waals surface area (Å²) in [5.41, 5.74) is 0. The molecule has 4 aliphatic carbocycles. The highest BCUT2D eigenvalue weighted by Crippen LogP contribution is 2.40. The largest absolute Gasteiger partial charge is 0.355 e. The van der Waals surface area contributed by atoms with Crippen LogP contribution in [-0.4, -0.2) is 71.7 Å². The zero-order valence-corrected chi connectivity index (χ0v) is 31.8. The third-order valence-corrected chi connectivity index (χ3v) is 13.6. The molecule has 0 spiro atoms. The summed E-state index contributed by atoms with van der Waals surface area (Å²) >= 11 is 25.9. The lowest BCUT2D eigenvalue weighted by Gasteiger charge is -2.40. The van der Waals surface area contributed by atoms with Crippen LogP contribution in [0.3, 0.4) is 0 Å². The molecule has 0 saturated heterocycles. The van der Waals surface area contributed by atoms with Gasteiger partial charge in [0.1, 0.15) is 0 Å². The molecule has 0 radical (unpaired) electrons. The van der Waals surface area contributed by atoms with E-state index in [0.717, 1.165) is 94.9 Å². The van der Waals surface area contributed by atoms with Gasteiger partial charge in [0.2, 0.25) is 0 Å². The molecule has 8 unspecified atom stereocenters. The lowest BCUT2D eigenvalue weighted by molar-refractivity contribution is 0.227. The van der Waals surface area contributed by atoms with E-state index in [0.29, 0.717) is 23.9 Å². The fourth-order valence-corrected chi connectivity index (χ4v) is 10.0. The lowest BCUT2D eigenvalue weighted by atomic mass is 9.76. The number of hydrogen-bond acceptors (Lipinski definition) is 6. The van der Waals surface area contributed by atoms with Crippen molar-refractivity contribution in [1.82, 2.24) is 21.3 Å². The predicted octanol–water partition coefficient (Wildman–Crippen LogP) is 8.80. The van der Waals surface area contributed by atoms with Crippen molar-refractivity contribution in [3.05, 3.63) is 0 Å². The Bertz CT molecular complexity index is 909. The maximum atomic E-state index is 6.70. The van der Waals surface area contributed by atoms with Crippen LogP contribution >= 0.6 is 46.4 Å². The highest BCUT2D eigenvalue weighted by molar-refractivity contribution is 6.30. The van der Waals surface area contributed by atoms with Gasteiger partial charge in [0.15, 0.2) is 11.9 Å². The van der Waals surface area contributed by atoms with E-state index in [-0.39, 0.29) is 21.5 Å². The van der Waals surface area contributed by atoms with Gasteiger partial charge in [0.25, 0.3) is 0 Å². The number of alkyl halides is 4. The number of hydrogen-bond donors (Lipinski definition) is 4. The molecule has 266 valence electrons. The SMILES string of the molecule is C1CCC(CC(NC2=NCCN2)C2CCCCC2)CC1.CC.ClC1CCC(CC(NC2=NCCN2)C2CCCC(Cl)C2Cl)CC1Cl. The summed E-state index contributed by atoms with van der Waals surface area (Å²) in [7, 11) is 0. The number of halogens is 4. The molecule has 0 aromatic carbocycles. The summed E-state index contributed by atoms with van der Waals surface area (Å²) in [6.07, 6.45) is 23.3. The Morgan fingerprint density at radius 3 is 1.78 bits per heavy atom. The molecule has 6 nitrogen and oxygen atoms in total. The van der Waals surface area contributed by atoms with Crippen LogP contribution in [0.4, 0.5) is 0 Å². The molecule has 0 amide bonds. The predicted molar refractivity (Wildman–Crippen MR) is 201 cm³/mol. The number of nitrogens with one attached hydrogen (secondary N) is 4. The molecule has 2 heterocycles. The molecule has 2 aliphatic heterocycles. The lowest BCUT2D eigenvalue weighted by Crippen LogP contribution is -2.50. The normalized spacial score (nSPS) is 33.4. The van der Waals surface area contributed by atoms with E-state index in [1.807, 2.05) is 13.8 Å². The zero-order chi connectivity index (χ0) is 32.7. The van der Waals surface area contributed by atoms with Crippen molar-refractivity contribution < 1.29 is 0 Å². The molecular formula is C36H64Cl4N6. The third-order valence-electron chi connectivity index (χ3n) is 11.2. The molecule has 0 bridgehead atoms. The summed E-state index contributed by atoms with van der Waals surface area (Å²) in [5.74, 6) is 4.79. The second-order valence-electron chi connectivity index (χ2n) is 14.5. The van der Waals surface area contributed by atoms with Gasteiger partial charge in [-0.05, 0) is 81.5 Å². The average molecular weight is 723 g/mol. The molecule has 6 rings (SSSR count). The van der Waals surface area contributed by atoms with Crippen molar-refractivity contribution in [3.63, 3.8) is 0 Å². The Balaban J connectivity index is 0.000000201. The highest BCUT2D eigenvalue weighted by Gasteiger charge is 2.39. The molecular weight excluding hydrogens is 658 g/mol. The zero-order valence-electron chi connectivity index (χ0n) is 28.7. The van der Waals surface area contributed by atoms with Crippen LogP contribution in [0, 0.1) is 23.7 Å². The van der Waals surface area contributed by atoms with E-state index in [4.69, 9.17) is 46.4 Å². The van der Waals surface area contributed by atoms with Gasteiger partial charge in [0.05, 0.1) is 29.2 Å². The van der Waals surface area contributed by atoms with E-state index >= 15 is 0 Å². The Morgan fingerprint density at radius 1 is 0.609 bits per heavy atom. The average Bonchev–Trinajstić information content (AvgIpc) is 3.81. The maximum Gasteiger partial charge on any atom is 0.191 e. The summed E-state index contributed by atoms with van der Waals surface area (Å²) in [4.78, 5) is 9.06. The summed E-state index contributed by atoms with van der Waals surface area (Å²) in [5, 5.41) is 14.4. The molecule has 46 heavy (non-hydrogen) atoms. The first-order valence-electron chi connectivity index (χ1n) is 19.1. The standard InChI is InChI=1S/C17H27Cl4N3.C17H31N3.C2H6/c18-12-5-4-10(8-14(12)20)9-15(24-17-22-6-7-23-17)11-2-1-3-13(19)16(11)21;1-3-7-14(8-4-1)13-16(15-9-5-2-6-10-15)20-17-18-11-12-19-17;1-2/h10-16H,1-9H2,(H2,22,23,24);14-16H,1-13H2,(H2,18,19,20);1-2H3. The summed E-state index contributed by atoms with van der Waals surface area (Å²) in [6.45, 7) is 7.71.